The van der Waals surface area contributed by atoms with E-state index in [1.807, 2.05) is 30.3 Å². The number of hydrogen-bond donors (Lipinski definition) is 2. The topological polar surface area (TPSA) is 79.9 Å². The molecule has 0 spiro atoms. The molecule has 4 rings (SSSR count). The Morgan fingerprint density at radius 3 is 2.44 bits per heavy atom. The molecule has 1 aliphatic heterocycles. The Morgan fingerprint density at radius 2 is 1.75 bits per heavy atom. The minimum atomic E-state index is -0.460. The first-order valence-electron chi connectivity index (χ1n) is 9.81. The Kier molecular flexibility index (Phi) is 6.90. The van der Waals surface area contributed by atoms with E-state index in [1.165, 1.54) is 18.4 Å². The number of thiocarbonyl (C=S) groups is 1. The van der Waals surface area contributed by atoms with E-state index < -0.39 is 5.97 Å². The summed E-state index contributed by atoms with van der Waals surface area (Å²) in [6.45, 7) is 2.35. The standard InChI is InChI=1S/C22H20ClN3O4S2/c1-29-21(28)19-18(23)16-7-6-15(12-17(16)32-19)25-22(31)24-14-4-2-13(3-5-14)20(27)26-8-10-30-11-9-26/h2-7,12H,8-11H2,1H3,(H2,24,25,31). The lowest BCUT2D eigenvalue weighted by Crippen LogP contribution is -2.40. The molecule has 1 saturated heterocycles. The zero-order valence-electron chi connectivity index (χ0n) is 17.1. The van der Waals surface area contributed by atoms with Gasteiger partial charge in [-0.05, 0) is 54.7 Å². The largest absolute Gasteiger partial charge is 0.465 e. The summed E-state index contributed by atoms with van der Waals surface area (Å²) in [6, 6.07) is 12.7. The van der Waals surface area contributed by atoms with Gasteiger partial charge >= 0.3 is 5.97 Å². The van der Waals surface area contributed by atoms with Gasteiger partial charge in [-0.15, -0.1) is 11.3 Å². The summed E-state index contributed by atoms with van der Waals surface area (Å²) in [5.41, 5.74) is 2.13. The predicted molar refractivity (Wildman–Crippen MR) is 131 cm³/mol. The van der Waals surface area contributed by atoms with Crippen molar-refractivity contribution >= 4 is 73.6 Å². The molecule has 1 amide bonds. The zero-order chi connectivity index (χ0) is 22.7. The molecule has 0 radical (unpaired) electrons. The number of anilines is 2. The van der Waals surface area contributed by atoms with Crippen LogP contribution in [0.2, 0.25) is 5.02 Å². The van der Waals surface area contributed by atoms with Crippen LogP contribution in [0, 0.1) is 0 Å². The Morgan fingerprint density at radius 1 is 1.09 bits per heavy atom. The lowest BCUT2D eigenvalue weighted by atomic mass is 10.1. The molecule has 0 atom stereocenters. The van der Waals surface area contributed by atoms with Crippen LogP contribution >= 0.6 is 35.2 Å². The molecule has 1 fully saturated rings. The van der Waals surface area contributed by atoms with Crippen molar-refractivity contribution in [1.29, 1.82) is 0 Å². The van der Waals surface area contributed by atoms with Crippen molar-refractivity contribution < 1.29 is 19.1 Å². The van der Waals surface area contributed by atoms with Crippen molar-refractivity contribution in [3.63, 3.8) is 0 Å². The fraction of sp³-hybridized carbons (Fsp3) is 0.227. The molecule has 10 heteroatoms. The van der Waals surface area contributed by atoms with E-state index in [0.29, 0.717) is 46.9 Å². The van der Waals surface area contributed by atoms with Gasteiger partial charge in [-0.25, -0.2) is 4.79 Å². The molecule has 0 saturated carbocycles. The summed E-state index contributed by atoms with van der Waals surface area (Å²) >= 11 is 13.0. The summed E-state index contributed by atoms with van der Waals surface area (Å²) in [7, 11) is 1.32. The maximum Gasteiger partial charge on any atom is 0.349 e. The minimum Gasteiger partial charge on any atom is -0.465 e. The normalized spacial score (nSPS) is 13.6. The molecule has 2 N–H and O–H groups in total. The van der Waals surface area contributed by atoms with Crippen molar-refractivity contribution in [2.45, 2.75) is 0 Å². The highest BCUT2D eigenvalue weighted by Gasteiger charge is 2.19. The average Bonchev–Trinajstić information content (AvgIpc) is 3.14. The van der Waals surface area contributed by atoms with Gasteiger partial charge in [0, 0.05) is 40.1 Å². The van der Waals surface area contributed by atoms with Crippen molar-refractivity contribution in [3.05, 3.63) is 57.9 Å². The van der Waals surface area contributed by atoms with Crippen LogP contribution in [-0.2, 0) is 9.47 Å². The second-order valence-corrected chi connectivity index (χ2v) is 8.85. The Hall–Kier alpha value is -2.72. The summed E-state index contributed by atoms with van der Waals surface area (Å²) < 4.78 is 10.9. The first-order valence-corrected chi connectivity index (χ1v) is 11.4. The molecule has 7 nitrogen and oxygen atoms in total. The Balaban J connectivity index is 1.40. The quantitative estimate of drug-likeness (QED) is 0.408. The fourth-order valence-corrected chi connectivity index (χ4v) is 5.01. The highest BCUT2D eigenvalue weighted by atomic mass is 35.5. The van der Waals surface area contributed by atoms with E-state index in [9.17, 15) is 9.59 Å². The second-order valence-electron chi connectivity index (χ2n) is 7.01. The van der Waals surface area contributed by atoms with Crippen LogP contribution in [0.3, 0.4) is 0 Å². The number of nitrogens with one attached hydrogen (secondary N) is 2. The molecule has 0 aliphatic carbocycles. The van der Waals surface area contributed by atoms with Crippen LogP contribution in [0.4, 0.5) is 11.4 Å². The van der Waals surface area contributed by atoms with Crippen molar-refractivity contribution in [2.75, 3.05) is 44.0 Å². The second kappa shape index (κ2) is 9.83. The number of halogens is 1. The van der Waals surface area contributed by atoms with Crippen molar-refractivity contribution in [2.24, 2.45) is 0 Å². The summed E-state index contributed by atoms with van der Waals surface area (Å²) in [5.74, 6) is -0.465. The van der Waals surface area contributed by atoms with Gasteiger partial charge in [0.2, 0.25) is 0 Å². The summed E-state index contributed by atoms with van der Waals surface area (Å²) in [6.07, 6.45) is 0. The third-order valence-corrected chi connectivity index (χ3v) is 6.79. The first kappa shape index (κ1) is 22.5. The van der Waals surface area contributed by atoms with E-state index in [-0.39, 0.29) is 5.91 Å². The van der Waals surface area contributed by atoms with Crippen LogP contribution < -0.4 is 10.6 Å². The molecule has 1 aliphatic rings. The van der Waals surface area contributed by atoms with Crippen molar-refractivity contribution in [1.82, 2.24) is 4.90 Å². The van der Waals surface area contributed by atoms with Gasteiger partial charge in [-0.1, -0.05) is 11.6 Å². The fourth-order valence-electron chi connectivity index (χ4n) is 3.31. The maximum atomic E-state index is 12.5. The van der Waals surface area contributed by atoms with Crippen LogP contribution in [-0.4, -0.2) is 55.3 Å². The van der Waals surface area contributed by atoms with E-state index in [2.05, 4.69) is 10.6 Å². The Bertz CT molecular complexity index is 1170. The van der Waals surface area contributed by atoms with E-state index >= 15 is 0 Å². The Labute approximate surface area is 199 Å². The smallest absolute Gasteiger partial charge is 0.349 e. The van der Waals surface area contributed by atoms with Gasteiger partial charge in [0.15, 0.2) is 5.11 Å². The predicted octanol–water partition coefficient (Wildman–Crippen LogP) is 4.62. The minimum absolute atomic E-state index is 0.00483. The van der Waals surface area contributed by atoms with Gasteiger partial charge in [0.1, 0.15) is 4.88 Å². The van der Waals surface area contributed by atoms with Gasteiger partial charge in [0.05, 0.1) is 25.3 Å². The van der Waals surface area contributed by atoms with Crippen LogP contribution in [0.5, 0.6) is 0 Å². The third-order valence-electron chi connectivity index (χ3n) is 4.95. The summed E-state index contributed by atoms with van der Waals surface area (Å²) in [5, 5.41) is 7.79. The molecule has 2 heterocycles. The lowest BCUT2D eigenvalue weighted by molar-refractivity contribution is 0.0303. The number of esters is 1. The molecule has 1 aromatic heterocycles. The number of fused-ring (bicyclic) bond motifs is 1. The number of thiophene rings is 1. The molecule has 3 aromatic rings. The van der Waals surface area contributed by atoms with Gasteiger partial charge < -0.3 is 25.0 Å². The number of carbonyl (C=O) groups is 2. The molecule has 0 bridgehead atoms. The maximum absolute atomic E-state index is 12.5. The number of nitrogens with zero attached hydrogens (tertiary/aromatic N) is 1. The van der Waals surface area contributed by atoms with Crippen LogP contribution in [0.15, 0.2) is 42.5 Å². The monoisotopic (exact) mass is 489 g/mol. The number of rotatable bonds is 4. The first-order chi connectivity index (χ1) is 15.5. The van der Waals surface area contributed by atoms with Crippen LogP contribution in [0.25, 0.3) is 10.1 Å². The van der Waals surface area contributed by atoms with E-state index in [0.717, 1.165) is 21.5 Å². The highest BCUT2D eigenvalue weighted by Crippen LogP contribution is 2.37. The number of ether oxygens (including phenoxy) is 2. The third kappa shape index (κ3) is 4.86. The number of amides is 1. The van der Waals surface area contributed by atoms with Gasteiger partial charge in [-0.3, -0.25) is 4.79 Å². The van der Waals surface area contributed by atoms with E-state index in [1.54, 1.807) is 17.0 Å². The van der Waals surface area contributed by atoms with E-state index in [4.69, 9.17) is 33.3 Å². The van der Waals surface area contributed by atoms with Gasteiger partial charge in [0.25, 0.3) is 5.91 Å². The SMILES string of the molecule is COC(=O)c1sc2cc(NC(=S)Nc3ccc(C(=O)N4CCOCC4)cc3)ccc2c1Cl. The number of morpholine rings is 1. The van der Waals surface area contributed by atoms with Gasteiger partial charge in [-0.2, -0.15) is 0 Å². The van der Waals surface area contributed by atoms with Crippen molar-refractivity contribution in [3.8, 4) is 0 Å². The van der Waals surface area contributed by atoms with Crippen LogP contribution in [0.1, 0.15) is 20.0 Å². The molecular weight excluding hydrogens is 470 g/mol. The number of methoxy groups -OCH3 is 1. The molecule has 166 valence electrons. The molecule has 32 heavy (non-hydrogen) atoms. The molecule has 2 aromatic carbocycles. The average molecular weight is 490 g/mol. The number of benzene rings is 2. The molecular formula is C22H20ClN3O4S2. The zero-order valence-corrected chi connectivity index (χ0v) is 19.5. The summed E-state index contributed by atoms with van der Waals surface area (Å²) in [4.78, 5) is 26.6. The molecule has 0 unspecified atom stereocenters. The lowest BCUT2D eigenvalue weighted by Gasteiger charge is -2.26. The highest BCUT2D eigenvalue weighted by molar-refractivity contribution is 7.80. The number of hydrogen-bond acceptors (Lipinski definition) is 6. The number of carbonyl (C=O) groups excluding carboxylic acids is 2.